The van der Waals surface area contributed by atoms with Gasteiger partial charge in [-0.15, -0.1) is 0 Å². The summed E-state index contributed by atoms with van der Waals surface area (Å²) in [5.74, 6) is -0.927. The molecule has 5 rings (SSSR count). The van der Waals surface area contributed by atoms with Crippen LogP contribution < -0.4 is 19.7 Å². The van der Waals surface area contributed by atoms with Gasteiger partial charge >= 0.3 is 5.97 Å². The number of carboxylic acids is 1. The van der Waals surface area contributed by atoms with Crippen LogP contribution in [0.4, 0.5) is 10.1 Å². The number of anilines is 1. The summed E-state index contributed by atoms with van der Waals surface area (Å²) in [7, 11) is 0. The van der Waals surface area contributed by atoms with E-state index < -0.39 is 11.8 Å². The molecule has 4 heterocycles. The van der Waals surface area contributed by atoms with Gasteiger partial charge in [-0.2, -0.15) is 5.26 Å². The van der Waals surface area contributed by atoms with Crippen molar-refractivity contribution in [1.29, 1.82) is 5.26 Å². The second-order valence-corrected chi connectivity index (χ2v) is 10.5. The number of aromatic nitrogens is 2. The second kappa shape index (κ2) is 13.5. The first-order valence-electron chi connectivity index (χ1n) is 14.3. The van der Waals surface area contributed by atoms with Gasteiger partial charge in [-0.25, -0.2) is 14.4 Å². The van der Waals surface area contributed by atoms with Crippen LogP contribution in [0.3, 0.4) is 0 Å². The number of nitrogens with one attached hydrogen (secondary N) is 1. The van der Waals surface area contributed by atoms with Crippen LogP contribution >= 0.6 is 0 Å². The highest BCUT2D eigenvalue weighted by Crippen LogP contribution is 2.31. The molecule has 43 heavy (non-hydrogen) atoms. The molecule has 2 saturated heterocycles. The van der Waals surface area contributed by atoms with Gasteiger partial charge in [0.2, 0.25) is 5.88 Å². The number of carbonyl (C=O) groups is 2. The fourth-order valence-electron chi connectivity index (χ4n) is 5.31. The molecule has 3 aromatic rings. The molecule has 0 spiro atoms. The number of aliphatic carboxylic acids is 1. The molecule has 0 unspecified atom stereocenters. The van der Waals surface area contributed by atoms with E-state index in [0.29, 0.717) is 80.7 Å². The number of likely N-dealkylation sites (tertiary alicyclic amines) is 1. The summed E-state index contributed by atoms with van der Waals surface area (Å²) >= 11 is 0. The van der Waals surface area contributed by atoms with Gasteiger partial charge in [0.05, 0.1) is 41.6 Å². The Kier molecular flexibility index (Phi) is 9.32. The lowest BCUT2D eigenvalue weighted by molar-refractivity contribution is -0.137. The van der Waals surface area contributed by atoms with Crippen LogP contribution in [0, 0.1) is 17.1 Å². The van der Waals surface area contributed by atoms with Gasteiger partial charge in [0, 0.05) is 51.8 Å². The minimum Gasteiger partial charge on any atom is -0.488 e. The zero-order valence-electron chi connectivity index (χ0n) is 23.8. The first-order chi connectivity index (χ1) is 20.8. The van der Waals surface area contributed by atoms with Crippen LogP contribution in [0.2, 0.25) is 0 Å². The molecular weight excluding hydrogens is 555 g/mol. The highest BCUT2D eigenvalue weighted by Gasteiger charge is 2.31. The fraction of sp³-hybridized carbons (Fsp3) is 0.387. The fourth-order valence-corrected chi connectivity index (χ4v) is 5.31. The highest BCUT2D eigenvalue weighted by molar-refractivity contribution is 5.96. The van der Waals surface area contributed by atoms with Gasteiger partial charge in [0.15, 0.2) is 11.4 Å². The smallest absolute Gasteiger partial charge is 0.304 e. The van der Waals surface area contributed by atoms with Crippen molar-refractivity contribution in [3.8, 4) is 29.0 Å². The number of nitrogens with zero attached hydrogens (tertiary/aromatic N) is 5. The number of rotatable bonds is 11. The number of ether oxygens (including phenoxy) is 2. The highest BCUT2D eigenvalue weighted by atomic mass is 19.1. The summed E-state index contributed by atoms with van der Waals surface area (Å²) < 4.78 is 25.7. The molecular formula is C31H33FN6O5. The summed E-state index contributed by atoms with van der Waals surface area (Å²) in [4.78, 5) is 37.4. The van der Waals surface area contributed by atoms with E-state index in [1.807, 2.05) is 22.8 Å². The van der Waals surface area contributed by atoms with Crippen LogP contribution in [0.1, 0.15) is 42.2 Å². The number of amides is 1. The maximum absolute atomic E-state index is 13.6. The van der Waals surface area contributed by atoms with Crippen LogP contribution in [0.15, 0.2) is 48.7 Å². The zero-order valence-corrected chi connectivity index (χ0v) is 23.8. The van der Waals surface area contributed by atoms with E-state index in [0.717, 1.165) is 0 Å². The quantitative estimate of drug-likeness (QED) is 0.342. The number of hydrogen-bond donors (Lipinski definition) is 2. The molecule has 2 aliphatic heterocycles. The molecule has 0 saturated carbocycles. The third-order valence-electron chi connectivity index (χ3n) is 7.49. The van der Waals surface area contributed by atoms with Gasteiger partial charge < -0.3 is 24.8 Å². The lowest BCUT2D eigenvalue weighted by Crippen LogP contribution is -2.59. The lowest BCUT2D eigenvalue weighted by atomic mass is 10.0. The third-order valence-corrected chi connectivity index (χ3v) is 7.49. The van der Waals surface area contributed by atoms with E-state index in [9.17, 15) is 19.2 Å². The van der Waals surface area contributed by atoms with Gasteiger partial charge in [0.25, 0.3) is 5.91 Å². The van der Waals surface area contributed by atoms with Gasteiger partial charge in [-0.05, 0) is 49.4 Å². The Morgan fingerprint density at radius 2 is 1.98 bits per heavy atom. The van der Waals surface area contributed by atoms with Crippen molar-refractivity contribution >= 4 is 17.6 Å². The second-order valence-electron chi connectivity index (χ2n) is 10.5. The molecule has 0 radical (unpaired) electrons. The summed E-state index contributed by atoms with van der Waals surface area (Å²) in [6.07, 6.45) is 2.73. The number of carbonyl (C=O) groups excluding carboxylic acids is 1. The Morgan fingerprint density at radius 3 is 2.70 bits per heavy atom. The average molecular weight is 589 g/mol. The topological polar surface area (TPSA) is 141 Å². The lowest BCUT2D eigenvalue weighted by Gasteiger charge is -2.39. The molecule has 11 nitrogen and oxygen atoms in total. The number of piperidine rings is 1. The van der Waals surface area contributed by atoms with Gasteiger partial charge in [0.1, 0.15) is 18.0 Å². The predicted octanol–water partition coefficient (Wildman–Crippen LogP) is 3.49. The number of benzene rings is 1. The molecule has 2 N–H and O–H groups in total. The molecule has 2 fully saturated rings. The Morgan fingerprint density at radius 1 is 1.19 bits per heavy atom. The molecule has 224 valence electrons. The number of nitriles is 1. The third kappa shape index (κ3) is 7.18. The molecule has 1 aromatic carbocycles. The Labute approximate surface area is 248 Å². The van der Waals surface area contributed by atoms with E-state index >= 15 is 0 Å². The summed E-state index contributed by atoms with van der Waals surface area (Å²) in [6.45, 7) is 5.02. The van der Waals surface area contributed by atoms with E-state index in [2.05, 4.69) is 16.4 Å². The number of pyridine rings is 2. The standard InChI is InChI=1S/C31H33FN6O5/c1-2-42-31-24(4-3-12-34-31)25-6-8-27(29(36-25)30(41)35-22-18-37(19-22)13-11-28(39)40)43-23-9-14-38(15-10-23)26-7-5-21(32)16-20(26)17-33/h3-8,12,16,22-23H,2,9-11,13-15,18-19H2,1H3,(H,35,41)(H,39,40). The Bertz CT molecular complexity index is 1510. The minimum atomic E-state index is -0.855. The average Bonchev–Trinajstić information content (AvgIpc) is 2.99. The maximum Gasteiger partial charge on any atom is 0.304 e. The monoisotopic (exact) mass is 588 g/mol. The molecule has 0 bridgehead atoms. The number of hydrogen-bond acceptors (Lipinski definition) is 9. The summed E-state index contributed by atoms with van der Waals surface area (Å²) in [6, 6.07) is 13.3. The van der Waals surface area contributed by atoms with Crippen LogP contribution in [0.25, 0.3) is 11.3 Å². The van der Waals surface area contributed by atoms with Crippen molar-refractivity contribution in [2.24, 2.45) is 0 Å². The van der Waals surface area contributed by atoms with Crippen molar-refractivity contribution < 1.29 is 28.6 Å². The summed E-state index contributed by atoms with van der Waals surface area (Å²) in [5.41, 5.74) is 2.28. The summed E-state index contributed by atoms with van der Waals surface area (Å²) in [5, 5.41) is 21.4. The van der Waals surface area contributed by atoms with Gasteiger partial charge in [-0.1, -0.05) is 0 Å². The van der Waals surface area contributed by atoms with Crippen LogP contribution in [0.5, 0.6) is 11.6 Å². The normalized spacial score (nSPS) is 15.8. The largest absolute Gasteiger partial charge is 0.488 e. The molecule has 2 aliphatic rings. The van der Waals surface area contributed by atoms with Crippen molar-refractivity contribution in [3.05, 3.63) is 65.7 Å². The van der Waals surface area contributed by atoms with E-state index in [1.165, 1.54) is 12.1 Å². The van der Waals surface area contributed by atoms with Crippen LogP contribution in [-0.4, -0.2) is 83.3 Å². The predicted molar refractivity (Wildman–Crippen MR) is 156 cm³/mol. The molecule has 0 atom stereocenters. The molecule has 0 aliphatic carbocycles. The zero-order chi connectivity index (χ0) is 30.3. The van der Waals surface area contributed by atoms with Gasteiger partial charge in [-0.3, -0.25) is 14.5 Å². The maximum atomic E-state index is 13.6. The SMILES string of the molecule is CCOc1ncccc1-c1ccc(OC2CCN(c3ccc(F)cc3C#N)CC2)c(C(=O)NC2CN(CCC(=O)O)C2)n1. The Hall–Kier alpha value is -4.76. The van der Waals surface area contributed by atoms with E-state index in [-0.39, 0.29) is 35.7 Å². The molecule has 1 amide bonds. The molecule has 2 aromatic heterocycles. The van der Waals surface area contributed by atoms with Crippen molar-refractivity contribution in [1.82, 2.24) is 20.2 Å². The van der Waals surface area contributed by atoms with Crippen molar-refractivity contribution in [2.45, 2.75) is 38.3 Å². The number of halogens is 1. The Balaban J connectivity index is 1.32. The van der Waals surface area contributed by atoms with E-state index in [1.54, 1.807) is 30.5 Å². The van der Waals surface area contributed by atoms with E-state index in [4.69, 9.17) is 19.6 Å². The minimum absolute atomic E-state index is 0.0489. The first kappa shape index (κ1) is 29.7. The van der Waals surface area contributed by atoms with Crippen molar-refractivity contribution in [2.75, 3.05) is 44.2 Å². The van der Waals surface area contributed by atoms with Crippen LogP contribution in [-0.2, 0) is 4.79 Å². The first-order valence-corrected chi connectivity index (χ1v) is 14.3. The van der Waals surface area contributed by atoms with Crippen molar-refractivity contribution in [3.63, 3.8) is 0 Å². The molecule has 12 heteroatoms. The number of carboxylic acid groups (broad SMARTS) is 1.